The Bertz CT molecular complexity index is 3570. The molecule has 0 saturated carbocycles. The van der Waals surface area contributed by atoms with Gasteiger partial charge in [-0.3, -0.25) is 0 Å². The summed E-state index contributed by atoms with van der Waals surface area (Å²) in [6.45, 7) is 0. The smallest absolute Gasteiger partial charge is 0.0547 e. The lowest BCUT2D eigenvalue weighted by Gasteiger charge is -2.27. The van der Waals surface area contributed by atoms with Gasteiger partial charge in [-0.1, -0.05) is 158 Å². The van der Waals surface area contributed by atoms with Crippen LogP contribution in [0, 0.1) is 0 Å². The van der Waals surface area contributed by atoms with E-state index in [9.17, 15) is 0 Å². The molecular formula is C56H36N2S. The van der Waals surface area contributed by atoms with Gasteiger partial charge < -0.3 is 9.47 Å². The Morgan fingerprint density at radius 1 is 0.339 bits per heavy atom. The molecule has 0 aliphatic carbocycles. The van der Waals surface area contributed by atoms with Crippen LogP contribution in [0.15, 0.2) is 218 Å². The topological polar surface area (TPSA) is 8.17 Å². The Kier molecular flexibility index (Phi) is 7.75. The van der Waals surface area contributed by atoms with E-state index in [0.717, 1.165) is 17.1 Å². The highest BCUT2D eigenvalue weighted by atomic mass is 32.1. The first-order valence-corrected chi connectivity index (χ1v) is 21.0. The maximum absolute atomic E-state index is 2.45. The fraction of sp³-hybridized carbons (Fsp3) is 0. The Balaban J connectivity index is 0.980. The molecule has 2 heterocycles. The molecule has 0 bridgehead atoms. The Hall–Kier alpha value is -7.46. The zero-order valence-electron chi connectivity index (χ0n) is 32.1. The summed E-state index contributed by atoms with van der Waals surface area (Å²) in [4.78, 5) is 2.40. The van der Waals surface area contributed by atoms with Crippen LogP contribution >= 0.6 is 11.3 Å². The first kappa shape index (κ1) is 33.7. The maximum atomic E-state index is 2.45. The lowest BCUT2D eigenvalue weighted by Crippen LogP contribution is -2.10. The standard InChI is InChI=1S/C56H36N2S/c1-2-14-40-34-43(30-24-37(40)12-1)57(52-22-11-15-38-13-3-4-18-47(38)52)42-28-25-39(26-29-42)45-16-5-6-17-46(45)41-27-32-49-48-19-7-9-21-53(48)58(54(49)35-41)44-31-33-51-50-20-8-10-23-55(50)59-56(51)36-44/h1-36H. The highest BCUT2D eigenvalue weighted by Gasteiger charge is 2.19. The molecule has 3 heteroatoms. The number of hydrogen-bond donors (Lipinski definition) is 0. The highest BCUT2D eigenvalue weighted by molar-refractivity contribution is 7.25. The summed E-state index contributed by atoms with van der Waals surface area (Å²) >= 11 is 1.87. The molecule has 0 fully saturated rings. The van der Waals surface area contributed by atoms with E-state index < -0.39 is 0 Å². The molecule has 0 saturated heterocycles. The molecule has 0 spiro atoms. The highest BCUT2D eigenvalue weighted by Crippen LogP contribution is 2.43. The van der Waals surface area contributed by atoms with Crippen LogP contribution in [-0.2, 0) is 0 Å². The average Bonchev–Trinajstić information content (AvgIpc) is 3.84. The van der Waals surface area contributed by atoms with E-state index >= 15 is 0 Å². The van der Waals surface area contributed by atoms with Crippen LogP contribution < -0.4 is 4.90 Å². The molecule has 0 radical (unpaired) electrons. The van der Waals surface area contributed by atoms with Crippen molar-refractivity contribution in [3.63, 3.8) is 0 Å². The molecule has 2 aromatic heterocycles. The van der Waals surface area contributed by atoms with Crippen LogP contribution in [-0.4, -0.2) is 4.57 Å². The monoisotopic (exact) mass is 768 g/mol. The van der Waals surface area contributed by atoms with Gasteiger partial charge in [0.25, 0.3) is 0 Å². The Morgan fingerprint density at radius 2 is 0.949 bits per heavy atom. The van der Waals surface area contributed by atoms with Gasteiger partial charge in [0.1, 0.15) is 0 Å². The summed E-state index contributed by atoms with van der Waals surface area (Å²) in [6.07, 6.45) is 0. The molecule has 0 N–H and O–H groups in total. The minimum atomic E-state index is 1.11. The van der Waals surface area contributed by atoms with Crippen LogP contribution in [0.4, 0.5) is 17.1 Å². The fourth-order valence-corrected chi connectivity index (χ4v) is 10.3. The van der Waals surface area contributed by atoms with Crippen molar-refractivity contribution in [1.29, 1.82) is 0 Å². The number of rotatable bonds is 6. The minimum Gasteiger partial charge on any atom is -0.310 e. The minimum absolute atomic E-state index is 1.11. The number of benzene rings is 10. The first-order chi connectivity index (χ1) is 29.2. The predicted octanol–water partition coefficient (Wildman–Crippen LogP) is 16.3. The van der Waals surface area contributed by atoms with Gasteiger partial charge in [0.2, 0.25) is 0 Å². The van der Waals surface area contributed by atoms with Crippen molar-refractivity contribution >= 4 is 91.9 Å². The summed E-state index contributed by atoms with van der Waals surface area (Å²) in [7, 11) is 0. The molecule has 0 atom stereocenters. The van der Waals surface area contributed by atoms with Gasteiger partial charge in [0, 0.05) is 53.4 Å². The predicted molar refractivity (Wildman–Crippen MR) is 254 cm³/mol. The second-order valence-corrected chi connectivity index (χ2v) is 16.4. The quantitative estimate of drug-likeness (QED) is 0.164. The molecule has 0 amide bonds. The second-order valence-electron chi connectivity index (χ2n) is 15.3. The van der Waals surface area contributed by atoms with Crippen molar-refractivity contribution in [2.45, 2.75) is 0 Å². The number of thiophene rings is 1. The summed E-state index contributed by atoms with van der Waals surface area (Å²) in [5.41, 5.74) is 11.8. The van der Waals surface area contributed by atoms with Gasteiger partial charge in [0.15, 0.2) is 0 Å². The third-order valence-electron chi connectivity index (χ3n) is 12.0. The van der Waals surface area contributed by atoms with Crippen LogP contribution in [0.3, 0.4) is 0 Å². The fourth-order valence-electron chi connectivity index (χ4n) is 9.19. The number of hydrogen-bond acceptors (Lipinski definition) is 2. The summed E-state index contributed by atoms with van der Waals surface area (Å²) in [5.74, 6) is 0. The van der Waals surface area contributed by atoms with Crippen LogP contribution in [0.25, 0.3) is 91.5 Å². The van der Waals surface area contributed by atoms with E-state index in [-0.39, 0.29) is 0 Å². The van der Waals surface area contributed by atoms with Crippen molar-refractivity contribution in [2.75, 3.05) is 4.90 Å². The van der Waals surface area contributed by atoms with Crippen LogP contribution in [0.5, 0.6) is 0 Å². The Morgan fingerprint density at radius 3 is 1.81 bits per heavy atom. The molecule has 0 unspecified atom stereocenters. The summed E-state index contributed by atoms with van der Waals surface area (Å²) < 4.78 is 5.08. The van der Waals surface area contributed by atoms with Crippen molar-refractivity contribution in [3.05, 3.63) is 218 Å². The molecule has 12 rings (SSSR count). The number of nitrogens with zero attached hydrogens (tertiary/aromatic N) is 2. The molecule has 10 aromatic carbocycles. The molecule has 276 valence electrons. The molecule has 0 aliphatic heterocycles. The van der Waals surface area contributed by atoms with E-state index in [4.69, 9.17) is 0 Å². The molecule has 2 nitrogen and oxygen atoms in total. The lowest BCUT2D eigenvalue weighted by molar-refractivity contribution is 1.19. The summed E-state index contributed by atoms with van der Waals surface area (Å²) in [5, 5.41) is 10.0. The Labute approximate surface area is 346 Å². The van der Waals surface area contributed by atoms with E-state index in [1.54, 1.807) is 0 Å². The molecular weight excluding hydrogens is 733 g/mol. The van der Waals surface area contributed by atoms with E-state index in [1.807, 2.05) is 11.3 Å². The third-order valence-corrected chi connectivity index (χ3v) is 13.1. The maximum Gasteiger partial charge on any atom is 0.0547 e. The number of fused-ring (bicyclic) bond motifs is 8. The molecule has 59 heavy (non-hydrogen) atoms. The lowest BCUT2D eigenvalue weighted by atomic mass is 9.93. The normalized spacial score (nSPS) is 11.7. The van der Waals surface area contributed by atoms with Crippen molar-refractivity contribution in [1.82, 2.24) is 4.57 Å². The van der Waals surface area contributed by atoms with Crippen LogP contribution in [0.2, 0.25) is 0 Å². The van der Waals surface area contributed by atoms with Crippen molar-refractivity contribution < 1.29 is 0 Å². The van der Waals surface area contributed by atoms with Crippen molar-refractivity contribution in [3.8, 4) is 27.9 Å². The van der Waals surface area contributed by atoms with Gasteiger partial charge in [-0.15, -0.1) is 11.3 Å². The van der Waals surface area contributed by atoms with E-state index in [2.05, 4.69) is 228 Å². The average molecular weight is 769 g/mol. The zero-order valence-corrected chi connectivity index (χ0v) is 32.9. The number of anilines is 3. The molecule has 12 aromatic rings. The van der Waals surface area contributed by atoms with Gasteiger partial charge >= 0.3 is 0 Å². The third kappa shape index (κ3) is 5.55. The van der Waals surface area contributed by atoms with Gasteiger partial charge in [-0.05, 0) is 99.1 Å². The first-order valence-electron chi connectivity index (χ1n) is 20.2. The largest absolute Gasteiger partial charge is 0.310 e. The molecule has 0 aliphatic rings. The zero-order chi connectivity index (χ0) is 38.9. The number of para-hydroxylation sites is 1. The number of aromatic nitrogens is 1. The van der Waals surface area contributed by atoms with E-state index in [1.165, 1.54) is 91.5 Å². The second kappa shape index (κ2) is 13.6. The van der Waals surface area contributed by atoms with Crippen LogP contribution in [0.1, 0.15) is 0 Å². The SMILES string of the molecule is c1ccc(-c2ccc3c4ccccc4n(-c4ccc5c(c4)sc4ccccc45)c3c2)c(-c2ccc(N(c3ccc4ccccc4c3)c3cccc4ccccc34)cc2)c1. The van der Waals surface area contributed by atoms with Gasteiger partial charge in [-0.2, -0.15) is 0 Å². The van der Waals surface area contributed by atoms with E-state index in [0.29, 0.717) is 0 Å². The van der Waals surface area contributed by atoms with Crippen molar-refractivity contribution in [2.24, 2.45) is 0 Å². The summed E-state index contributed by atoms with van der Waals surface area (Å²) in [6, 6.07) is 80.0. The van der Waals surface area contributed by atoms with Gasteiger partial charge in [-0.25, -0.2) is 0 Å². The van der Waals surface area contributed by atoms with Gasteiger partial charge in [0.05, 0.1) is 16.7 Å².